The summed E-state index contributed by atoms with van der Waals surface area (Å²) in [6.45, 7) is 1.67. The highest BCUT2D eigenvalue weighted by molar-refractivity contribution is 5.89. The molecule has 0 aliphatic heterocycles. The number of pyridine rings is 1. The van der Waals surface area contributed by atoms with Gasteiger partial charge >= 0.3 is 5.97 Å². The minimum atomic E-state index is -1.03. The standard InChI is InChI=1S/C15H12N2O4/c1-10(5-15(18)19)12-6-13(9-16-8-12)11-3-2-4-14(7-11)17(20)21/h2-9H,1H3,(H,18,19)/b10-5+. The topological polar surface area (TPSA) is 93.3 Å². The molecule has 0 bridgehead atoms. The molecule has 21 heavy (non-hydrogen) atoms. The molecule has 0 saturated heterocycles. The lowest BCUT2D eigenvalue weighted by atomic mass is 10.0. The molecule has 2 rings (SSSR count). The molecule has 6 heteroatoms. The first-order valence-corrected chi connectivity index (χ1v) is 6.09. The number of carboxylic acids is 1. The third-order valence-electron chi connectivity index (χ3n) is 2.92. The van der Waals surface area contributed by atoms with Crippen LogP contribution in [0.5, 0.6) is 0 Å². The number of carbonyl (C=O) groups is 1. The molecule has 1 aromatic carbocycles. The van der Waals surface area contributed by atoms with Crippen molar-refractivity contribution in [1.29, 1.82) is 0 Å². The van der Waals surface area contributed by atoms with Gasteiger partial charge in [-0.25, -0.2) is 4.79 Å². The van der Waals surface area contributed by atoms with Gasteiger partial charge in [-0.15, -0.1) is 0 Å². The maximum absolute atomic E-state index is 10.8. The van der Waals surface area contributed by atoms with Crippen molar-refractivity contribution in [2.45, 2.75) is 6.92 Å². The predicted molar refractivity (Wildman–Crippen MR) is 77.6 cm³/mol. The largest absolute Gasteiger partial charge is 0.478 e. The summed E-state index contributed by atoms with van der Waals surface area (Å²) in [5, 5.41) is 19.6. The SMILES string of the molecule is C/C(=C\C(=O)O)c1cncc(-c2cccc([N+](=O)[O-])c2)c1. The van der Waals surface area contributed by atoms with E-state index in [0.717, 1.165) is 6.08 Å². The van der Waals surface area contributed by atoms with Gasteiger partial charge in [-0.3, -0.25) is 15.1 Å². The number of nitro groups is 1. The van der Waals surface area contributed by atoms with Crippen molar-refractivity contribution in [3.63, 3.8) is 0 Å². The number of hydrogen-bond acceptors (Lipinski definition) is 4. The highest BCUT2D eigenvalue weighted by atomic mass is 16.6. The fraction of sp³-hybridized carbons (Fsp3) is 0.0667. The summed E-state index contributed by atoms with van der Waals surface area (Å²) in [6.07, 6.45) is 4.22. The molecule has 6 nitrogen and oxygen atoms in total. The number of rotatable bonds is 4. The number of nitro benzene ring substituents is 1. The average Bonchev–Trinajstić information content (AvgIpc) is 2.47. The predicted octanol–water partition coefficient (Wildman–Crippen LogP) is 3.14. The highest BCUT2D eigenvalue weighted by Crippen LogP contribution is 2.25. The molecule has 0 atom stereocenters. The molecule has 0 amide bonds. The molecular formula is C15H12N2O4. The summed E-state index contributed by atoms with van der Waals surface area (Å²) in [6, 6.07) is 7.96. The lowest BCUT2D eigenvalue weighted by Gasteiger charge is -2.05. The van der Waals surface area contributed by atoms with E-state index in [1.54, 1.807) is 37.5 Å². The van der Waals surface area contributed by atoms with Crippen molar-refractivity contribution in [3.05, 3.63) is 64.5 Å². The zero-order chi connectivity index (χ0) is 15.4. The molecular weight excluding hydrogens is 272 g/mol. The fourth-order valence-corrected chi connectivity index (χ4v) is 1.88. The monoisotopic (exact) mass is 284 g/mol. The second kappa shape index (κ2) is 5.96. The van der Waals surface area contributed by atoms with Crippen LogP contribution in [0.3, 0.4) is 0 Å². The van der Waals surface area contributed by atoms with E-state index in [0.29, 0.717) is 22.3 Å². The third-order valence-corrected chi connectivity index (χ3v) is 2.92. The number of nitrogens with zero attached hydrogens (tertiary/aromatic N) is 2. The Labute approximate surface area is 120 Å². The van der Waals surface area contributed by atoms with Gasteiger partial charge < -0.3 is 5.11 Å². The highest BCUT2D eigenvalue weighted by Gasteiger charge is 2.08. The molecule has 106 valence electrons. The van der Waals surface area contributed by atoms with E-state index in [1.807, 2.05) is 0 Å². The number of aliphatic carboxylic acids is 1. The number of aromatic nitrogens is 1. The Morgan fingerprint density at radius 3 is 2.71 bits per heavy atom. The Bertz CT molecular complexity index is 738. The van der Waals surface area contributed by atoms with Crippen LogP contribution in [-0.4, -0.2) is 21.0 Å². The molecule has 2 aromatic rings. The van der Waals surface area contributed by atoms with E-state index in [1.165, 1.54) is 12.1 Å². The van der Waals surface area contributed by atoms with Gasteiger partial charge in [0.1, 0.15) is 0 Å². The van der Waals surface area contributed by atoms with Crippen LogP contribution < -0.4 is 0 Å². The van der Waals surface area contributed by atoms with Gasteiger partial charge in [0.15, 0.2) is 0 Å². The Kier molecular flexibility index (Phi) is 4.08. The van der Waals surface area contributed by atoms with Crippen molar-refractivity contribution in [3.8, 4) is 11.1 Å². The zero-order valence-electron chi connectivity index (χ0n) is 11.2. The van der Waals surface area contributed by atoms with E-state index in [4.69, 9.17) is 5.11 Å². The molecule has 0 unspecified atom stereocenters. The molecule has 0 saturated carbocycles. The van der Waals surface area contributed by atoms with Gasteiger partial charge in [-0.2, -0.15) is 0 Å². The molecule has 0 aliphatic carbocycles. The molecule has 0 radical (unpaired) electrons. The fourth-order valence-electron chi connectivity index (χ4n) is 1.88. The van der Waals surface area contributed by atoms with E-state index >= 15 is 0 Å². The molecule has 0 aliphatic rings. The second-order valence-electron chi connectivity index (χ2n) is 4.44. The maximum Gasteiger partial charge on any atom is 0.328 e. The summed E-state index contributed by atoms with van der Waals surface area (Å²) in [5.74, 6) is -1.03. The summed E-state index contributed by atoms with van der Waals surface area (Å²) >= 11 is 0. The lowest BCUT2D eigenvalue weighted by molar-refractivity contribution is -0.384. The summed E-state index contributed by atoms with van der Waals surface area (Å²) in [7, 11) is 0. The van der Waals surface area contributed by atoms with E-state index in [-0.39, 0.29) is 5.69 Å². The van der Waals surface area contributed by atoms with Crippen molar-refractivity contribution >= 4 is 17.2 Å². The van der Waals surface area contributed by atoms with Gasteiger partial charge in [-0.1, -0.05) is 12.1 Å². The van der Waals surface area contributed by atoms with Gasteiger partial charge in [0.05, 0.1) is 4.92 Å². The van der Waals surface area contributed by atoms with Crippen molar-refractivity contribution in [2.24, 2.45) is 0 Å². The normalized spacial score (nSPS) is 11.2. The van der Waals surface area contributed by atoms with E-state index < -0.39 is 10.9 Å². The van der Waals surface area contributed by atoms with Crippen LogP contribution in [0.25, 0.3) is 16.7 Å². The quantitative estimate of drug-likeness (QED) is 0.529. The zero-order valence-corrected chi connectivity index (χ0v) is 11.2. The lowest BCUT2D eigenvalue weighted by Crippen LogP contribution is -1.92. The van der Waals surface area contributed by atoms with Crippen LogP contribution in [0.1, 0.15) is 12.5 Å². The van der Waals surface area contributed by atoms with Crippen molar-refractivity contribution < 1.29 is 14.8 Å². The first-order valence-electron chi connectivity index (χ1n) is 6.09. The van der Waals surface area contributed by atoms with Crippen LogP contribution in [0.15, 0.2) is 48.8 Å². The number of non-ortho nitro benzene ring substituents is 1. The minimum Gasteiger partial charge on any atom is -0.478 e. The third kappa shape index (κ3) is 3.50. The first kappa shape index (κ1) is 14.4. The minimum absolute atomic E-state index is 0.00398. The van der Waals surface area contributed by atoms with Crippen LogP contribution in [0, 0.1) is 10.1 Å². The molecule has 0 spiro atoms. The Balaban J connectivity index is 2.44. The first-order chi connectivity index (χ1) is 9.97. The van der Waals surface area contributed by atoms with Crippen LogP contribution in [0.2, 0.25) is 0 Å². The summed E-state index contributed by atoms with van der Waals surface area (Å²) in [5.41, 5.74) is 2.55. The van der Waals surface area contributed by atoms with Gasteiger partial charge in [0, 0.05) is 36.2 Å². The van der Waals surface area contributed by atoms with Crippen molar-refractivity contribution in [2.75, 3.05) is 0 Å². The van der Waals surface area contributed by atoms with Crippen LogP contribution in [-0.2, 0) is 4.79 Å². The van der Waals surface area contributed by atoms with Crippen molar-refractivity contribution in [1.82, 2.24) is 4.98 Å². The number of carboxylic acid groups (broad SMARTS) is 1. The number of hydrogen-bond donors (Lipinski definition) is 1. The molecule has 1 aromatic heterocycles. The Morgan fingerprint density at radius 1 is 1.29 bits per heavy atom. The number of allylic oxidation sites excluding steroid dienone is 1. The molecule has 1 heterocycles. The maximum atomic E-state index is 10.8. The molecule has 1 N–H and O–H groups in total. The summed E-state index contributed by atoms with van der Waals surface area (Å²) in [4.78, 5) is 25.1. The Morgan fingerprint density at radius 2 is 2.05 bits per heavy atom. The van der Waals surface area contributed by atoms with Gasteiger partial charge in [0.25, 0.3) is 5.69 Å². The van der Waals surface area contributed by atoms with Crippen LogP contribution in [0.4, 0.5) is 5.69 Å². The second-order valence-corrected chi connectivity index (χ2v) is 4.44. The molecule has 0 fully saturated rings. The summed E-state index contributed by atoms with van der Waals surface area (Å²) < 4.78 is 0. The average molecular weight is 284 g/mol. The van der Waals surface area contributed by atoms with Gasteiger partial charge in [0.2, 0.25) is 0 Å². The smallest absolute Gasteiger partial charge is 0.328 e. The van der Waals surface area contributed by atoms with Crippen LogP contribution >= 0.6 is 0 Å². The number of benzene rings is 1. The van der Waals surface area contributed by atoms with Gasteiger partial charge in [-0.05, 0) is 29.7 Å². The van der Waals surface area contributed by atoms with E-state index in [9.17, 15) is 14.9 Å². The Hall–Kier alpha value is -3.02. The van der Waals surface area contributed by atoms with E-state index in [2.05, 4.69) is 4.98 Å².